The van der Waals surface area contributed by atoms with Crippen molar-refractivity contribution in [1.29, 1.82) is 0 Å². The zero-order chi connectivity index (χ0) is 18.8. The van der Waals surface area contributed by atoms with Crippen LogP contribution in [0.25, 0.3) is 10.2 Å². The van der Waals surface area contributed by atoms with Gasteiger partial charge in [0.05, 0.1) is 11.4 Å². The van der Waals surface area contributed by atoms with Gasteiger partial charge in [-0.05, 0) is 37.8 Å². The van der Waals surface area contributed by atoms with Crippen LogP contribution in [0.4, 0.5) is 0 Å². The molecule has 0 fully saturated rings. The summed E-state index contributed by atoms with van der Waals surface area (Å²) in [7, 11) is 0. The van der Waals surface area contributed by atoms with Gasteiger partial charge in [0.1, 0.15) is 15.5 Å². The topological polar surface area (TPSA) is 101 Å². The monoisotopic (exact) mass is 391 g/mol. The van der Waals surface area contributed by atoms with Crippen LogP contribution in [0.5, 0.6) is 0 Å². The number of hydrogen-bond donors (Lipinski definition) is 2. The van der Waals surface area contributed by atoms with Gasteiger partial charge >= 0.3 is 5.97 Å². The van der Waals surface area contributed by atoms with Gasteiger partial charge in [0, 0.05) is 4.88 Å². The second-order valence-electron chi connectivity index (χ2n) is 5.77. The number of rotatable bonds is 5. The normalized spacial score (nSPS) is 12.1. The van der Waals surface area contributed by atoms with Gasteiger partial charge in [0.15, 0.2) is 6.61 Å². The van der Waals surface area contributed by atoms with Crippen LogP contribution in [0.1, 0.15) is 38.9 Å². The quantitative estimate of drug-likeness (QED) is 0.651. The first kappa shape index (κ1) is 18.3. The van der Waals surface area contributed by atoms with E-state index in [0.29, 0.717) is 21.6 Å². The molecule has 0 unspecified atom stereocenters. The molecule has 3 aromatic rings. The average Bonchev–Trinajstić information content (AvgIpc) is 3.21. The molecule has 0 aliphatic heterocycles. The molecular formula is C17H17N3O4S2. The fourth-order valence-corrected chi connectivity index (χ4v) is 4.39. The first-order valence-corrected chi connectivity index (χ1v) is 9.56. The van der Waals surface area contributed by atoms with Gasteiger partial charge in [0.25, 0.3) is 11.5 Å². The van der Waals surface area contributed by atoms with Crippen LogP contribution in [0.2, 0.25) is 0 Å². The number of carbonyl (C=O) groups is 2. The van der Waals surface area contributed by atoms with Crippen molar-refractivity contribution in [2.24, 2.45) is 0 Å². The summed E-state index contributed by atoms with van der Waals surface area (Å²) in [4.78, 5) is 45.0. The molecule has 0 aliphatic carbocycles. The summed E-state index contributed by atoms with van der Waals surface area (Å²) < 4.78 is 5.11. The molecule has 0 bridgehead atoms. The zero-order valence-electron chi connectivity index (χ0n) is 14.4. The summed E-state index contributed by atoms with van der Waals surface area (Å²) in [6.45, 7) is 4.82. The summed E-state index contributed by atoms with van der Waals surface area (Å²) in [5.74, 6) is -0.545. The molecule has 0 spiro atoms. The fraction of sp³-hybridized carbons (Fsp3) is 0.294. The van der Waals surface area contributed by atoms with Gasteiger partial charge in [0.2, 0.25) is 0 Å². The third-order valence-electron chi connectivity index (χ3n) is 3.79. The molecule has 1 atom stereocenters. The van der Waals surface area contributed by atoms with Gasteiger partial charge in [-0.15, -0.1) is 22.7 Å². The van der Waals surface area contributed by atoms with Crippen molar-refractivity contribution in [1.82, 2.24) is 15.3 Å². The van der Waals surface area contributed by atoms with Crippen LogP contribution in [0.3, 0.4) is 0 Å². The number of aromatic amines is 1. The predicted octanol–water partition coefficient (Wildman–Crippen LogP) is 2.70. The van der Waals surface area contributed by atoms with Gasteiger partial charge in [-0.2, -0.15) is 0 Å². The predicted molar refractivity (Wildman–Crippen MR) is 101 cm³/mol. The molecular weight excluding hydrogens is 374 g/mol. The Labute approximate surface area is 157 Å². The van der Waals surface area contributed by atoms with Crippen molar-refractivity contribution in [2.75, 3.05) is 6.61 Å². The Bertz CT molecular complexity index is 1020. The number of H-pyrrole nitrogens is 1. The highest BCUT2D eigenvalue weighted by Crippen LogP contribution is 2.27. The molecule has 1 amide bonds. The lowest BCUT2D eigenvalue weighted by molar-refractivity contribution is -0.124. The molecule has 0 aromatic carbocycles. The van der Waals surface area contributed by atoms with E-state index in [9.17, 15) is 14.4 Å². The molecule has 0 aliphatic rings. The third-order valence-corrected chi connectivity index (χ3v) is 6.01. The molecule has 3 rings (SSSR count). The number of amides is 1. The molecule has 3 aromatic heterocycles. The first-order valence-electron chi connectivity index (χ1n) is 7.86. The minimum absolute atomic E-state index is 0.155. The van der Waals surface area contributed by atoms with Crippen molar-refractivity contribution in [3.63, 3.8) is 0 Å². The van der Waals surface area contributed by atoms with E-state index < -0.39 is 5.97 Å². The Morgan fingerprint density at radius 3 is 2.85 bits per heavy atom. The lowest BCUT2D eigenvalue weighted by atomic mass is 10.2. The number of fused-ring (bicyclic) bond motifs is 1. The van der Waals surface area contributed by atoms with Gasteiger partial charge in [-0.25, -0.2) is 9.78 Å². The summed E-state index contributed by atoms with van der Waals surface area (Å²) in [5, 5.41) is 5.09. The van der Waals surface area contributed by atoms with Crippen LogP contribution in [0.15, 0.2) is 22.3 Å². The minimum atomic E-state index is -0.638. The number of aromatic nitrogens is 2. The maximum Gasteiger partial charge on any atom is 0.349 e. The maximum absolute atomic E-state index is 12.3. The van der Waals surface area contributed by atoms with E-state index in [1.807, 2.05) is 24.4 Å². The van der Waals surface area contributed by atoms with E-state index in [2.05, 4.69) is 15.3 Å². The van der Waals surface area contributed by atoms with Gasteiger partial charge < -0.3 is 15.0 Å². The molecule has 0 saturated heterocycles. The smallest absolute Gasteiger partial charge is 0.349 e. The van der Waals surface area contributed by atoms with E-state index in [1.54, 1.807) is 25.2 Å². The average molecular weight is 391 g/mol. The number of aryl methyl sites for hydroxylation is 2. The summed E-state index contributed by atoms with van der Waals surface area (Å²) in [5.41, 5.74) is 0.221. The summed E-state index contributed by atoms with van der Waals surface area (Å²) in [6.07, 6.45) is 0. The molecule has 0 saturated carbocycles. The Kier molecular flexibility index (Phi) is 5.19. The standard InChI is InChI=1S/C17H17N3O4S2/c1-8-13-15(22)19-10(3)20-16(13)26-14(8)17(23)24-7-12(21)18-9(2)11-5-4-6-25-11/h4-6,9H,7H2,1-3H3,(H,18,21)(H,19,20,22)/t9-/m1/s1. The van der Waals surface area contributed by atoms with Crippen molar-refractivity contribution in [2.45, 2.75) is 26.8 Å². The summed E-state index contributed by atoms with van der Waals surface area (Å²) in [6, 6.07) is 3.68. The third kappa shape index (κ3) is 3.68. The minimum Gasteiger partial charge on any atom is -0.451 e. The number of carbonyl (C=O) groups excluding carboxylic acids is 2. The number of thiophene rings is 2. The van der Waals surface area contributed by atoms with E-state index >= 15 is 0 Å². The molecule has 2 N–H and O–H groups in total. The van der Waals surface area contributed by atoms with E-state index in [0.717, 1.165) is 16.2 Å². The maximum atomic E-state index is 12.3. The van der Waals surface area contributed by atoms with Crippen LogP contribution in [-0.2, 0) is 9.53 Å². The van der Waals surface area contributed by atoms with E-state index in [-0.39, 0.29) is 29.0 Å². The lowest BCUT2D eigenvalue weighted by Crippen LogP contribution is -2.30. The molecule has 0 radical (unpaired) electrons. The second kappa shape index (κ2) is 7.38. The number of nitrogens with zero attached hydrogens (tertiary/aromatic N) is 1. The van der Waals surface area contributed by atoms with Gasteiger partial charge in [-0.1, -0.05) is 6.07 Å². The van der Waals surface area contributed by atoms with Crippen LogP contribution in [0, 0.1) is 13.8 Å². The molecule has 26 heavy (non-hydrogen) atoms. The number of ether oxygens (including phenoxy) is 1. The van der Waals surface area contributed by atoms with Crippen LogP contribution >= 0.6 is 22.7 Å². The van der Waals surface area contributed by atoms with Gasteiger partial charge in [-0.3, -0.25) is 9.59 Å². The fourth-order valence-electron chi connectivity index (χ4n) is 2.53. The molecule has 7 nitrogen and oxygen atoms in total. The first-order chi connectivity index (χ1) is 12.4. The van der Waals surface area contributed by atoms with E-state index in [1.165, 1.54) is 0 Å². The van der Waals surface area contributed by atoms with Crippen molar-refractivity contribution in [3.05, 3.63) is 49.0 Å². The van der Waals surface area contributed by atoms with Crippen molar-refractivity contribution >= 4 is 44.8 Å². The molecule has 3 heterocycles. The highest BCUT2D eigenvalue weighted by molar-refractivity contribution is 7.20. The summed E-state index contributed by atoms with van der Waals surface area (Å²) >= 11 is 2.63. The number of nitrogens with one attached hydrogen (secondary N) is 2. The largest absolute Gasteiger partial charge is 0.451 e. The Morgan fingerprint density at radius 2 is 2.15 bits per heavy atom. The molecule has 136 valence electrons. The lowest BCUT2D eigenvalue weighted by Gasteiger charge is -2.12. The van der Waals surface area contributed by atoms with Crippen molar-refractivity contribution < 1.29 is 14.3 Å². The Balaban J connectivity index is 1.68. The zero-order valence-corrected chi connectivity index (χ0v) is 16.0. The second-order valence-corrected chi connectivity index (χ2v) is 7.75. The Morgan fingerprint density at radius 1 is 1.38 bits per heavy atom. The van der Waals surface area contributed by atoms with E-state index in [4.69, 9.17) is 4.74 Å². The molecule has 9 heteroatoms. The highest BCUT2D eigenvalue weighted by Gasteiger charge is 2.21. The van der Waals surface area contributed by atoms with Crippen molar-refractivity contribution in [3.8, 4) is 0 Å². The SMILES string of the molecule is Cc1nc2sc(C(=O)OCC(=O)N[C@H](C)c3cccs3)c(C)c2c(=O)[nH]1. The van der Waals surface area contributed by atoms with Crippen LogP contribution < -0.4 is 10.9 Å². The number of hydrogen-bond acceptors (Lipinski definition) is 7. The Hall–Kier alpha value is -2.52. The van der Waals surface area contributed by atoms with Crippen LogP contribution in [-0.4, -0.2) is 28.5 Å². The highest BCUT2D eigenvalue weighted by atomic mass is 32.1. The number of esters is 1.